The van der Waals surface area contributed by atoms with E-state index in [0.717, 1.165) is 22.5 Å². The average molecular weight is 325 g/mol. The summed E-state index contributed by atoms with van der Waals surface area (Å²) in [6.07, 6.45) is 5.36. The van der Waals surface area contributed by atoms with Crippen molar-refractivity contribution in [3.8, 4) is 17.0 Å². The predicted octanol–water partition coefficient (Wildman–Crippen LogP) is 2.30. The highest BCUT2D eigenvalue weighted by atomic mass is 16.5. The summed E-state index contributed by atoms with van der Waals surface area (Å²) in [5, 5.41) is 16.1. The molecule has 0 fully saturated rings. The van der Waals surface area contributed by atoms with Crippen molar-refractivity contribution >= 4 is 11.6 Å². The van der Waals surface area contributed by atoms with Gasteiger partial charge in [0.25, 0.3) is 0 Å². The molecule has 0 saturated carbocycles. The number of nitrogens with one attached hydrogen (secondary N) is 1. The number of aryl methyl sites for hydroxylation is 2. The van der Waals surface area contributed by atoms with Crippen LogP contribution >= 0.6 is 0 Å². The molecule has 0 aliphatic rings. The van der Waals surface area contributed by atoms with Crippen LogP contribution in [0.4, 0.5) is 11.6 Å². The molecule has 0 aliphatic carbocycles. The highest BCUT2D eigenvalue weighted by Crippen LogP contribution is 2.25. The maximum Gasteiger partial charge on any atom is 0.227 e. The molecule has 124 valence electrons. The maximum atomic E-state index is 8.79. The molecule has 0 radical (unpaired) electrons. The average Bonchev–Trinajstić information content (AvgIpc) is 3.00. The SMILES string of the molecule is Cc1cnc(Nc2cnn(C)c2)nc1-c1ccc(OCCO)cc1. The molecule has 2 N–H and O–H groups in total. The van der Waals surface area contributed by atoms with Gasteiger partial charge >= 0.3 is 0 Å². The van der Waals surface area contributed by atoms with Crippen LogP contribution in [0.25, 0.3) is 11.3 Å². The largest absolute Gasteiger partial charge is 0.491 e. The normalized spacial score (nSPS) is 10.6. The minimum atomic E-state index is -0.00383. The number of aliphatic hydroxyl groups excluding tert-OH is 1. The molecule has 1 aromatic carbocycles. The third-order valence-electron chi connectivity index (χ3n) is 3.42. The number of aliphatic hydroxyl groups is 1. The molecule has 24 heavy (non-hydrogen) atoms. The van der Waals surface area contributed by atoms with Crippen molar-refractivity contribution < 1.29 is 9.84 Å². The van der Waals surface area contributed by atoms with Crippen LogP contribution in [-0.4, -0.2) is 38.1 Å². The van der Waals surface area contributed by atoms with Gasteiger partial charge in [-0.3, -0.25) is 4.68 Å². The number of aromatic nitrogens is 4. The van der Waals surface area contributed by atoms with E-state index < -0.39 is 0 Å². The van der Waals surface area contributed by atoms with Crippen molar-refractivity contribution in [1.29, 1.82) is 0 Å². The topological polar surface area (TPSA) is 85.1 Å². The molecule has 0 aliphatic heterocycles. The van der Waals surface area contributed by atoms with Gasteiger partial charge in [-0.2, -0.15) is 5.10 Å². The molecule has 2 heterocycles. The molecule has 7 heteroatoms. The number of hydrogen-bond donors (Lipinski definition) is 2. The van der Waals surface area contributed by atoms with Crippen LogP contribution < -0.4 is 10.1 Å². The van der Waals surface area contributed by atoms with Gasteiger partial charge in [0.2, 0.25) is 5.95 Å². The molecule has 7 nitrogen and oxygen atoms in total. The number of ether oxygens (including phenoxy) is 1. The van der Waals surface area contributed by atoms with E-state index in [9.17, 15) is 0 Å². The second-order valence-electron chi connectivity index (χ2n) is 5.35. The molecule has 0 bridgehead atoms. The molecular formula is C17H19N5O2. The van der Waals surface area contributed by atoms with Gasteiger partial charge in [-0.1, -0.05) is 0 Å². The zero-order chi connectivity index (χ0) is 16.9. The van der Waals surface area contributed by atoms with E-state index in [4.69, 9.17) is 9.84 Å². The second kappa shape index (κ2) is 7.10. The number of rotatable bonds is 6. The Morgan fingerprint density at radius 1 is 1.21 bits per heavy atom. The van der Waals surface area contributed by atoms with Crippen LogP contribution in [0.2, 0.25) is 0 Å². The standard InChI is InChI=1S/C17H19N5O2/c1-12-9-18-17(20-14-10-19-22(2)11-14)21-16(12)13-3-5-15(6-4-13)24-8-7-23/h3-6,9-11,23H,7-8H2,1-2H3,(H,18,20,21). The Balaban J connectivity index is 1.83. The van der Waals surface area contributed by atoms with Crippen LogP contribution in [0.3, 0.4) is 0 Å². The molecule has 0 amide bonds. The maximum absolute atomic E-state index is 8.79. The lowest BCUT2D eigenvalue weighted by molar-refractivity contribution is 0.201. The van der Waals surface area contributed by atoms with E-state index in [2.05, 4.69) is 20.4 Å². The highest BCUT2D eigenvalue weighted by Gasteiger charge is 2.08. The van der Waals surface area contributed by atoms with Gasteiger partial charge in [-0.15, -0.1) is 0 Å². The fraction of sp³-hybridized carbons (Fsp3) is 0.235. The summed E-state index contributed by atoms with van der Waals surface area (Å²) in [7, 11) is 1.85. The van der Waals surface area contributed by atoms with Crippen molar-refractivity contribution in [2.24, 2.45) is 7.05 Å². The van der Waals surface area contributed by atoms with E-state index in [0.29, 0.717) is 11.7 Å². The molecule has 0 unspecified atom stereocenters. The van der Waals surface area contributed by atoms with Crippen molar-refractivity contribution in [2.45, 2.75) is 6.92 Å². The number of benzene rings is 1. The zero-order valence-electron chi connectivity index (χ0n) is 13.6. The summed E-state index contributed by atoms with van der Waals surface area (Å²) in [4.78, 5) is 8.91. The van der Waals surface area contributed by atoms with Crippen molar-refractivity contribution in [1.82, 2.24) is 19.7 Å². The highest BCUT2D eigenvalue weighted by molar-refractivity contribution is 5.65. The van der Waals surface area contributed by atoms with Crippen LogP contribution in [0.1, 0.15) is 5.56 Å². The monoisotopic (exact) mass is 325 g/mol. The van der Waals surface area contributed by atoms with Gasteiger partial charge in [-0.05, 0) is 36.8 Å². The Hall–Kier alpha value is -2.93. The van der Waals surface area contributed by atoms with Crippen LogP contribution in [0, 0.1) is 6.92 Å². The second-order valence-corrected chi connectivity index (χ2v) is 5.35. The number of nitrogens with zero attached hydrogens (tertiary/aromatic N) is 4. The van der Waals surface area contributed by atoms with E-state index in [-0.39, 0.29) is 13.2 Å². The molecule has 3 rings (SSSR count). The van der Waals surface area contributed by atoms with Crippen molar-refractivity contribution in [2.75, 3.05) is 18.5 Å². The van der Waals surface area contributed by atoms with Gasteiger partial charge in [0.15, 0.2) is 0 Å². The first-order valence-electron chi connectivity index (χ1n) is 7.59. The first kappa shape index (κ1) is 15.9. The van der Waals surface area contributed by atoms with Gasteiger partial charge in [-0.25, -0.2) is 9.97 Å². The molecular weight excluding hydrogens is 306 g/mol. The first-order valence-corrected chi connectivity index (χ1v) is 7.59. The molecule has 2 aromatic heterocycles. The predicted molar refractivity (Wildman–Crippen MR) is 91.3 cm³/mol. The summed E-state index contributed by atoms with van der Waals surface area (Å²) in [5.41, 5.74) is 3.64. The summed E-state index contributed by atoms with van der Waals surface area (Å²) in [6, 6.07) is 7.60. The van der Waals surface area contributed by atoms with Crippen molar-refractivity contribution in [3.05, 3.63) is 48.4 Å². The zero-order valence-corrected chi connectivity index (χ0v) is 13.6. The molecule has 0 saturated heterocycles. The lowest BCUT2D eigenvalue weighted by Crippen LogP contribution is -2.01. The lowest BCUT2D eigenvalue weighted by atomic mass is 10.1. The molecule has 0 spiro atoms. The Labute approximate surface area is 140 Å². The number of anilines is 2. The van der Waals surface area contributed by atoms with Gasteiger partial charge in [0.05, 0.1) is 24.2 Å². The van der Waals surface area contributed by atoms with E-state index in [1.54, 1.807) is 17.1 Å². The van der Waals surface area contributed by atoms with E-state index >= 15 is 0 Å². The van der Waals surface area contributed by atoms with Crippen LogP contribution in [0.15, 0.2) is 42.9 Å². The summed E-state index contributed by atoms with van der Waals surface area (Å²) in [5.74, 6) is 1.23. The fourth-order valence-electron chi connectivity index (χ4n) is 2.28. The molecule has 3 aromatic rings. The van der Waals surface area contributed by atoms with Crippen LogP contribution in [-0.2, 0) is 7.05 Å². The van der Waals surface area contributed by atoms with E-state index in [1.807, 2.05) is 44.4 Å². The third-order valence-corrected chi connectivity index (χ3v) is 3.42. The quantitative estimate of drug-likeness (QED) is 0.723. The first-order chi connectivity index (χ1) is 11.7. The lowest BCUT2D eigenvalue weighted by Gasteiger charge is -2.09. The molecule has 0 atom stereocenters. The Kier molecular flexibility index (Phi) is 4.72. The Bertz CT molecular complexity index is 814. The minimum Gasteiger partial charge on any atom is -0.491 e. The minimum absolute atomic E-state index is 0.00383. The van der Waals surface area contributed by atoms with Crippen LogP contribution in [0.5, 0.6) is 5.75 Å². The van der Waals surface area contributed by atoms with Gasteiger partial charge in [0, 0.05) is 25.0 Å². The van der Waals surface area contributed by atoms with Gasteiger partial charge < -0.3 is 15.2 Å². The van der Waals surface area contributed by atoms with Crippen molar-refractivity contribution in [3.63, 3.8) is 0 Å². The Morgan fingerprint density at radius 3 is 2.67 bits per heavy atom. The van der Waals surface area contributed by atoms with Gasteiger partial charge in [0.1, 0.15) is 12.4 Å². The summed E-state index contributed by atoms with van der Waals surface area (Å²) >= 11 is 0. The Morgan fingerprint density at radius 2 is 2.00 bits per heavy atom. The smallest absolute Gasteiger partial charge is 0.227 e. The van der Waals surface area contributed by atoms with E-state index in [1.165, 1.54) is 0 Å². The summed E-state index contributed by atoms with van der Waals surface area (Å²) in [6.45, 7) is 2.25. The third kappa shape index (κ3) is 3.69. The fourth-order valence-corrected chi connectivity index (χ4v) is 2.28. The summed E-state index contributed by atoms with van der Waals surface area (Å²) < 4.78 is 7.09. The number of hydrogen-bond acceptors (Lipinski definition) is 6.